The number of ether oxygens (including phenoxy) is 1. The number of carbonyl (C=O) groups is 1. The number of methoxy groups -OCH3 is 1. The van der Waals surface area contributed by atoms with Crippen molar-refractivity contribution in [2.24, 2.45) is 0 Å². The molecule has 24 heavy (non-hydrogen) atoms. The van der Waals surface area contributed by atoms with Crippen LogP contribution < -0.4 is 4.74 Å². The van der Waals surface area contributed by atoms with Crippen molar-refractivity contribution in [2.45, 2.75) is 10.7 Å². The molecular formula is C17H12F4O2S. The van der Waals surface area contributed by atoms with Crippen molar-refractivity contribution in [3.05, 3.63) is 65.2 Å². The van der Waals surface area contributed by atoms with Crippen molar-refractivity contribution in [1.29, 1.82) is 0 Å². The van der Waals surface area contributed by atoms with Crippen LogP contribution in [0.2, 0.25) is 0 Å². The zero-order valence-electron chi connectivity index (χ0n) is 12.4. The number of halogens is 4. The Labute approximate surface area is 140 Å². The molecule has 0 heterocycles. The standard InChI is InChI=1S/C17H12F4O2S/c1-23-14-9-11(6-8-15(14)24-17(20)21)13(22)7-5-10-3-2-4-12(18)16(10)19/h2-9,17H,1H3/b7-5+. The Kier molecular flexibility index (Phi) is 6.03. The van der Waals surface area contributed by atoms with E-state index in [1.54, 1.807) is 0 Å². The predicted octanol–water partition coefficient (Wildman–Crippen LogP) is 5.18. The lowest BCUT2D eigenvalue weighted by atomic mass is 10.1. The minimum absolute atomic E-state index is 0.0693. The Morgan fingerprint density at radius 3 is 2.62 bits per heavy atom. The Morgan fingerprint density at radius 2 is 1.96 bits per heavy atom. The highest BCUT2D eigenvalue weighted by molar-refractivity contribution is 7.99. The maximum atomic E-state index is 13.5. The third-order valence-corrected chi connectivity index (χ3v) is 3.83. The summed E-state index contributed by atoms with van der Waals surface area (Å²) in [4.78, 5) is 12.3. The molecule has 0 aliphatic heterocycles. The Bertz CT molecular complexity index is 775. The van der Waals surface area contributed by atoms with Crippen LogP contribution in [0.15, 0.2) is 47.4 Å². The number of thioether (sulfide) groups is 1. The molecule has 0 aromatic heterocycles. The molecule has 0 saturated carbocycles. The average molecular weight is 356 g/mol. The molecule has 0 aliphatic rings. The molecule has 0 fully saturated rings. The molecule has 0 bridgehead atoms. The predicted molar refractivity (Wildman–Crippen MR) is 84.6 cm³/mol. The summed E-state index contributed by atoms with van der Waals surface area (Å²) >= 11 is 0.305. The number of allylic oxidation sites excluding steroid dienone is 1. The van der Waals surface area contributed by atoms with Gasteiger partial charge in [0.2, 0.25) is 0 Å². The minimum Gasteiger partial charge on any atom is -0.496 e. The number of hydrogen-bond donors (Lipinski definition) is 0. The van der Waals surface area contributed by atoms with Gasteiger partial charge < -0.3 is 4.74 Å². The average Bonchev–Trinajstić information content (AvgIpc) is 2.55. The van der Waals surface area contributed by atoms with Gasteiger partial charge in [-0.05, 0) is 36.4 Å². The van der Waals surface area contributed by atoms with Gasteiger partial charge in [0.15, 0.2) is 17.4 Å². The van der Waals surface area contributed by atoms with Gasteiger partial charge in [-0.1, -0.05) is 23.9 Å². The molecule has 0 N–H and O–H groups in total. The molecule has 2 aromatic carbocycles. The van der Waals surface area contributed by atoms with Crippen LogP contribution in [0.3, 0.4) is 0 Å². The van der Waals surface area contributed by atoms with Gasteiger partial charge in [0.1, 0.15) is 5.75 Å². The SMILES string of the molecule is COc1cc(C(=O)/C=C/c2cccc(F)c2F)ccc1SC(F)F. The quantitative estimate of drug-likeness (QED) is 0.309. The second-order valence-electron chi connectivity index (χ2n) is 4.58. The van der Waals surface area contributed by atoms with Crippen LogP contribution in [0, 0.1) is 11.6 Å². The Balaban J connectivity index is 2.23. The van der Waals surface area contributed by atoms with E-state index >= 15 is 0 Å². The summed E-state index contributed by atoms with van der Waals surface area (Å²) in [6.45, 7) is 0. The van der Waals surface area contributed by atoms with Crippen LogP contribution >= 0.6 is 11.8 Å². The lowest BCUT2D eigenvalue weighted by molar-refractivity contribution is 0.104. The van der Waals surface area contributed by atoms with Gasteiger partial charge in [0, 0.05) is 11.1 Å². The highest BCUT2D eigenvalue weighted by Crippen LogP contribution is 2.34. The number of benzene rings is 2. The van der Waals surface area contributed by atoms with Crippen molar-refractivity contribution in [1.82, 2.24) is 0 Å². The second kappa shape index (κ2) is 8.01. The molecule has 126 valence electrons. The van der Waals surface area contributed by atoms with Crippen LogP contribution in [0.4, 0.5) is 17.6 Å². The number of alkyl halides is 2. The van der Waals surface area contributed by atoms with Gasteiger partial charge in [-0.15, -0.1) is 0 Å². The van der Waals surface area contributed by atoms with E-state index in [9.17, 15) is 22.4 Å². The molecule has 0 unspecified atom stereocenters. The number of ketones is 1. The monoisotopic (exact) mass is 356 g/mol. The third-order valence-electron chi connectivity index (χ3n) is 3.06. The molecule has 0 atom stereocenters. The maximum absolute atomic E-state index is 13.5. The zero-order chi connectivity index (χ0) is 17.7. The van der Waals surface area contributed by atoms with Crippen LogP contribution in [0.25, 0.3) is 6.08 Å². The molecule has 7 heteroatoms. The fraction of sp³-hybridized carbons (Fsp3) is 0.118. The topological polar surface area (TPSA) is 26.3 Å². The van der Waals surface area contributed by atoms with E-state index in [4.69, 9.17) is 4.74 Å². The molecular weight excluding hydrogens is 344 g/mol. The largest absolute Gasteiger partial charge is 0.496 e. The number of carbonyl (C=O) groups excluding carboxylic acids is 1. The van der Waals surface area contributed by atoms with Gasteiger partial charge in [0.25, 0.3) is 5.76 Å². The van der Waals surface area contributed by atoms with Crippen molar-refractivity contribution in [3.8, 4) is 5.75 Å². The lowest BCUT2D eigenvalue weighted by Gasteiger charge is -2.08. The van der Waals surface area contributed by atoms with E-state index < -0.39 is 23.2 Å². The van der Waals surface area contributed by atoms with Crippen molar-refractivity contribution < 1.29 is 27.1 Å². The fourth-order valence-corrected chi connectivity index (χ4v) is 2.52. The molecule has 0 saturated heterocycles. The minimum atomic E-state index is -2.61. The fourth-order valence-electron chi connectivity index (χ4n) is 1.93. The molecule has 2 rings (SSSR count). The first-order valence-corrected chi connectivity index (χ1v) is 7.59. The van der Waals surface area contributed by atoms with Gasteiger partial charge in [0.05, 0.1) is 12.0 Å². The lowest BCUT2D eigenvalue weighted by Crippen LogP contribution is -1.97. The number of hydrogen-bond acceptors (Lipinski definition) is 3. The summed E-state index contributed by atoms with van der Waals surface area (Å²) in [7, 11) is 1.30. The van der Waals surface area contributed by atoms with Crippen LogP contribution in [-0.4, -0.2) is 18.7 Å². The van der Waals surface area contributed by atoms with Gasteiger partial charge in [-0.25, -0.2) is 8.78 Å². The van der Waals surface area contributed by atoms with Crippen molar-refractivity contribution >= 4 is 23.6 Å². The maximum Gasteiger partial charge on any atom is 0.289 e. The van der Waals surface area contributed by atoms with Crippen LogP contribution in [-0.2, 0) is 0 Å². The van der Waals surface area contributed by atoms with E-state index in [2.05, 4.69) is 0 Å². The van der Waals surface area contributed by atoms with E-state index in [1.165, 1.54) is 37.4 Å². The summed E-state index contributed by atoms with van der Waals surface area (Å²) < 4.78 is 56.5. The third kappa shape index (κ3) is 4.38. The van der Waals surface area contributed by atoms with E-state index in [0.29, 0.717) is 11.8 Å². The Hall–Kier alpha value is -2.28. The van der Waals surface area contributed by atoms with Gasteiger partial charge in [-0.3, -0.25) is 4.79 Å². The van der Waals surface area contributed by atoms with Crippen LogP contribution in [0.5, 0.6) is 5.75 Å². The summed E-state index contributed by atoms with van der Waals surface area (Å²) in [5.74, 6) is -5.04. The van der Waals surface area contributed by atoms with Gasteiger partial charge >= 0.3 is 0 Å². The zero-order valence-corrected chi connectivity index (χ0v) is 13.2. The molecule has 0 amide bonds. The summed E-state index contributed by atoms with van der Waals surface area (Å²) in [5, 5.41) is 0. The second-order valence-corrected chi connectivity index (χ2v) is 5.62. The van der Waals surface area contributed by atoms with E-state index in [1.807, 2.05) is 0 Å². The summed E-state index contributed by atoms with van der Waals surface area (Å²) in [6, 6.07) is 7.65. The van der Waals surface area contributed by atoms with Crippen LogP contribution in [0.1, 0.15) is 15.9 Å². The molecule has 0 radical (unpaired) electrons. The molecule has 2 nitrogen and oxygen atoms in total. The smallest absolute Gasteiger partial charge is 0.289 e. The molecule has 0 aliphatic carbocycles. The van der Waals surface area contributed by atoms with Gasteiger partial charge in [-0.2, -0.15) is 8.78 Å². The first kappa shape index (κ1) is 18.1. The highest BCUT2D eigenvalue weighted by atomic mass is 32.2. The summed E-state index contributed by atoms with van der Waals surface area (Å²) in [5.41, 5.74) is 0.110. The first-order chi connectivity index (χ1) is 11.4. The molecule has 2 aromatic rings. The van der Waals surface area contributed by atoms with E-state index in [0.717, 1.165) is 18.2 Å². The van der Waals surface area contributed by atoms with Crippen molar-refractivity contribution in [3.63, 3.8) is 0 Å². The number of rotatable bonds is 6. The highest BCUT2D eigenvalue weighted by Gasteiger charge is 2.13. The molecule has 0 spiro atoms. The summed E-state index contributed by atoms with van der Waals surface area (Å²) in [6.07, 6.45) is 2.22. The normalized spacial score (nSPS) is 11.2. The Morgan fingerprint density at radius 1 is 1.21 bits per heavy atom. The van der Waals surface area contributed by atoms with Crippen molar-refractivity contribution in [2.75, 3.05) is 7.11 Å². The first-order valence-electron chi connectivity index (χ1n) is 6.71. The van der Waals surface area contributed by atoms with E-state index in [-0.39, 0.29) is 21.8 Å².